The van der Waals surface area contributed by atoms with Crippen molar-refractivity contribution in [2.24, 2.45) is 5.84 Å². The van der Waals surface area contributed by atoms with Gasteiger partial charge in [-0.25, -0.2) is 5.84 Å². The third-order valence-electron chi connectivity index (χ3n) is 2.12. The molecule has 0 spiro atoms. The van der Waals surface area contributed by atoms with Crippen molar-refractivity contribution in [3.63, 3.8) is 0 Å². The van der Waals surface area contributed by atoms with E-state index in [0.717, 1.165) is 6.20 Å². The number of pyridine rings is 1. The van der Waals surface area contributed by atoms with E-state index in [9.17, 15) is 14.9 Å². The Balaban J connectivity index is 2.35. The fourth-order valence-corrected chi connectivity index (χ4v) is 2.46. The number of hydrogen-bond acceptors (Lipinski definition) is 8. The van der Waals surface area contributed by atoms with Gasteiger partial charge in [-0.3, -0.25) is 20.3 Å². The van der Waals surface area contributed by atoms with Gasteiger partial charge in [0.25, 0.3) is 5.43 Å². The second-order valence-corrected chi connectivity index (χ2v) is 5.31. The van der Waals surface area contributed by atoms with Crippen molar-refractivity contribution in [1.29, 1.82) is 0 Å². The Morgan fingerprint density at radius 3 is 2.84 bits per heavy atom. The van der Waals surface area contributed by atoms with Crippen molar-refractivity contribution in [3.8, 4) is 0 Å². The van der Waals surface area contributed by atoms with Crippen LogP contribution in [0.3, 0.4) is 0 Å². The number of nitro groups is 1. The molecule has 0 atom stereocenters. The molecule has 0 saturated heterocycles. The molecule has 19 heavy (non-hydrogen) atoms. The van der Waals surface area contributed by atoms with Crippen LogP contribution in [0, 0.1) is 10.1 Å². The van der Waals surface area contributed by atoms with Crippen LogP contribution in [0.5, 0.6) is 0 Å². The summed E-state index contributed by atoms with van der Waals surface area (Å²) in [6.07, 6.45) is 2.61. The summed E-state index contributed by atoms with van der Waals surface area (Å²) in [7, 11) is 0. The van der Waals surface area contributed by atoms with Gasteiger partial charge in [0.1, 0.15) is 5.01 Å². The molecule has 0 aromatic carbocycles. The van der Waals surface area contributed by atoms with Crippen LogP contribution in [-0.2, 0) is 6.54 Å². The van der Waals surface area contributed by atoms with Crippen LogP contribution >= 0.6 is 27.3 Å². The lowest BCUT2D eigenvalue weighted by Gasteiger charge is -2.03. The molecule has 2 heterocycles. The number of nitrogens with two attached hydrogens (primary N) is 1. The van der Waals surface area contributed by atoms with Gasteiger partial charge in [0.05, 0.1) is 22.1 Å². The third-order valence-corrected chi connectivity index (χ3v) is 3.53. The summed E-state index contributed by atoms with van der Waals surface area (Å²) in [6, 6.07) is 0. The van der Waals surface area contributed by atoms with Gasteiger partial charge < -0.3 is 4.57 Å². The SMILES string of the molecule is NNc1nnc(Cn2cc(Br)c(=O)c([N+](=O)[O-])c2)s1. The number of nitrogens with zero attached hydrogens (tertiary/aromatic N) is 4. The van der Waals surface area contributed by atoms with Crippen molar-refractivity contribution >= 4 is 38.1 Å². The predicted molar refractivity (Wildman–Crippen MR) is 71.9 cm³/mol. The number of aromatic nitrogens is 3. The van der Waals surface area contributed by atoms with Crippen molar-refractivity contribution in [1.82, 2.24) is 14.8 Å². The molecule has 0 unspecified atom stereocenters. The molecule has 2 aromatic rings. The van der Waals surface area contributed by atoms with Gasteiger partial charge in [0, 0.05) is 6.20 Å². The van der Waals surface area contributed by atoms with E-state index in [1.807, 2.05) is 0 Å². The second-order valence-electron chi connectivity index (χ2n) is 3.40. The number of nitrogens with one attached hydrogen (secondary N) is 1. The first-order valence-corrected chi connectivity index (χ1v) is 6.45. The summed E-state index contributed by atoms with van der Waals surface area (Å²) >= 11 is 4.20. The van der Waals surface area contributed by atoms with E-state index in [1.165, 1.54) is 22.1 Å². The van der Waals surface area contributed by atoms with Crippen molar-refractivity contribution < 1.29 is 4.92 Å². The molecule has 0 bridgehead atoms. The van der Waals surface area contributed by atoms with Gasteiger partial charge in [-0.15, -0.1) is 10.2 Å². The Bertz CT molecular complexity index is 683. The monoisotopic (exact) mass is 346 g/mol. The molecule has 0 radical (unpaired) electrons. The van der Waals surface area contributed by atoms with Crippen LogP contribution in [0.1, 0.15) is 5.01 Å². The Morgan fingerprint density at radius 2 is 2.26 bits per heavy atom. The molecule has 0 aliphatic heterocycles. The lowest BCUT2D eigenvalue weighted by atomic mass is 10.4. The highest BCUT2D eigenvalue weighted by Crippen LogP contribution is 2.17. The zero-order valence-electron chi connectivity index (χ0n) is 9.24. The van der Waals surface area contributed by atoms with Gasteiger partial charge in [-0.05, 0) is 15.9 Å². The molecule has 0 aliphatic carbocycles. The Hall–Kier alpha value is -1.85. The van der Waals surface area contributed by atoms with E-state index in [0.29, 0.717) is 10.1 Å². The molecule has 3 N–H and O–H groups in total. The smallest absolute Gasteiger partial charge is 0.333 e. The summed E-state index contributed by atoms with van der Waals surface area (Å²) in [5.41, 5.74) is 1.18. The lowest BCUT2D eigenvalue weighted by Crippen LogP contribution is -2.13. The predicted octanol–water partition coefficient (Wildman–Crippen LogP) is 0.704. The Kier molecular flexibility index (Phi) is 3.87. The van der Waals surface area contributed by atoms with Crippen molar-refractivity contribution in [2.45, 2.75) is 6.54 Å². The number of anilines is 1. The van der Waals surface area contributed by atoms with Crippen LogP contribution in [0.2, 0.25) is 0 Å². The van der Waals surface area contributed by atoms with Gasteiger partial charge in [0.15, 0.2) is 0 Å². The summed E-state index contributed by atoms with van der Waals surface area (Å²) in [5, 5.41) is 19.4. The fourth-order valence-electron chi connectivity index (χ4n) is 1.33. The number of nitrogen functional groups attached to an aromatic ring is 1. The second kappa shape index (κ2) is 5.42. The highest BCUT2D eigenvalue weighted by atomic mass is 79.9. The van der Waals surface area contributed by atoms with E-state index in [-0.39, 0.29) is 11.0 Å². The minimum atomic E-state index is -0.726. The maximum Gasteiger partial charge on any atom is 0.333 e. The average molecular weight is 347 g/mol. The molecule has 9 nitrogen and oxygen atoms in total. The number of hydrazine groups is 1. The number of hydrogen-bond donors (Lipinski definition) is 2. The molecule has 11 heteroatoms. The molecular weight excluding hydrogens is 340 g/mol. The molecule has 100 valence electrons. The van der Waals surface area contributed by atoms with E-state index in [1.54, 1.807) is 0 Å². The standard InChI is InChI=1S/C8H7BrN6O3S/c9-4-1-14(2-5(7(4)16)15(17)18)3-6-12-13-8(11-10)19-6/h1-2H,3,10H2,(H,11,13). The minimum Gasteiger partial charge on any atom is -0.340 e. The highest BCUT2D eigenvalue weighted by Gasteiger charge is 2.16. The quantitative estimate of drug-likeness (QED) is 0.473. The lowest BCUT2D eigenvalue weighted by molar-refractivity contribution is -0.386. The average Bonchev–Trinajstić information content (AvgIpc) is 2.81. The van der Waals surface area contributed by atoms with Crippen LogP contribution < -0.4 is 16.7 Å². The topological polar surface area (TPSA) is 129 Å². The number of halogens is 1. The van der Waals surface area contributed by atoms with E-state index >= 15 is 0 Å². The Morgan fingerprint density at radius 1 is 1.53 bits per heavy atom. The van der Waals surface area contributed by atoms with Crippen LogP contribution in [0.25, 0.3) is 0 Å². The summed E-state index contributed by atoms with van der Waals surface area (Å²) in [6.45, 7) is 0.249. The molecule has 2 rings (SSSR count). The first-order valence-electron chi connectivity index (χ1n) is 4.84. The largest absolute Gasteiger partial charge is 0.340 e. The first kappa shape index (κ1) is 13.6. The summed E-state index contributed by atoms with van der Waals surface area (Å²) < 4.78 is 1.59. The van der Waals surface area contributed by atoms with Gasteiger partial charge >= 0.3 is 5.69 Å². The minimum absolute atomic E-state index is 0.114. The van der Waals surface area contributed by atoms with E-state index < -0.39 is 16.0 Å². The molecule has 0 aliphatic rings. The Labute approximate surface area is 118 Å². The molecular formula is C8H7BrN6O3S. The summed E-state index contributed by atoms with van der Waals surface area (Å²) in [4.78, 5) is 21.5. The molecule has 2 aromatic heterocycles. The van der Waals surface area contributed by atoms with Gasteiger partial charge in [-0.1, -0.05) is 11.3 Å². The van der Waals surface area contributed by atoms with E-state index in [4.69, 9.17) is 5.84 Å². The van der Waals surface area contributed by atoms with Crippen LogP contribution in [-0.4, -0.2) is 19.7 Å². The van der Waals surface area contributed by atoms with E-state index in [2.05, 4.69) is 31.6 Å². The van der Waals surface area contributed by atoms with Crippen LogP contribution in [0.4, 0.5) is 10.8 Å². The zero-order chi connectivity index (χ0) is 14.0. The maximum atomic E-state index is 11.5. The molecule has 0 saturated carbocycles. The first-order chi connectivity index (χ1) is 9.01. The van der Waals surface area contributed by atoms with Crippen molar-refractivity contribution in [3.05, 3.63) is 42.2 Å². The fraction of sp³-hybridized carbons (Fsp3) is 0.125. The van der Waals surface area contributed by atoms with Gasteiger partial charge in [-0.2, -0.15) is 0 Å². The van der Waals surface area contributed by atoms with Gasteiger partial charge in [0.2, 0.25) is 5.13 Å². The number of rotatable bonds is 4. The summed E-state index contributed by atoms with van der Waals surface area (Å²) in [5.74, 6) is 5.18. The highest BCUT2D eigenvalue weighted by molar-refractivity contribution is 9.10. The zero-order valence-corrected chi connectivity index (χ0v) is 11.6. The third kappa shape index (κ3) is 2.94. The normalized spacial score (nSPS) is 10.4. The molecule has 0 amide bonds. The molecule has 0 fully saturated rings. The van der Waals surface area contributed by atoms with Crippen LogP contribution in [0.15, 0.2) is 21.7 Å². The maximum absolute atomic E-state index is 11.5. The van der Waals surface area contributed by atoms with Crippen molar-refractivity contribution in [2.75, 3.05) is 5.43 Å².